The number of carbonyl (C=O) groups is 1. The molecule has 4 heterocycles. The van der Waals surface area contributed by atoms with Crippen molar-refractivity contribution in [2.75, 3.05) is 31.6 Å². The fraction of sp³-hybridized carbons (Fsp3) is 0.406. The van der Waals surface area contributed by atoms with E-state index in [0.717, 1.165) is 53.9 Å². The number of pyridine rings is 1. The van der Waals surface area contributed by atoms with E-state index in [4.69, 9.17) is 9.72 Å². The van der Waals surface area contributed by atoms with Crippen LogP contribution in [0.2, 0.25) is 0 Å². The minimum absolute atomic E-state index is 0.0466. The third-order valence-electron chi connectivity index (χ3n) is 7.78. The van der Waals surface area contributed by atoms with Crippen LogP contribution < -0.4 is 20.9 Å². The summed E-state index contributed by atoms with van der Waals surface area (Å²) < 4.78 is 5.80. The van der Waals surface area contributed by atoms with Gasteiger partial charge in [0.1, 0.15) is 29.8 Å². The van der Waals surface area contributed by atoms with Gasteiger partial charge in [0.2, 0.25) is 0 Å². The zero-order valence-electron chi connectivity index (χ0n) is 24.7. The van der Waals surface area contributed by atoms with Crippen LogP contribution in [0.25, 0.3) is 22.4 Å². The van der Waals surface area contributed by atoms with Crippen LogP contribution in [0.4, 0.5) is 5.69 Å². The molecule has 1 amide bonds. The van der Waals surface area contributed by atoms with Crippen molar-refractivity contribution in [1.82, 2.24) is 25.2 Å². The van der Waals surface area contributed by atoms with E-state index in [1.807, 2.05) is 62.9 Å². The number of aryl methyl sites for hydroxylation is 2. The van der Waals surface area contributed by atoms with E-state index in [2.05, 4.69) is 20.6 Å². The van der Waals surface area contributed by atoms with Crippen molar-refractivity contribution in [2.45, 2.75) is 59.2 Å². The molecule has 5 N–H and O–H groups in total. The lowest BCUT2D eigenvalue weighted by molar-refractivity contribution is 0.0668. The van der Waals surface area contributed by atoms with Crippen molar-refractivity contribution < 1.29 is 14.6 Å². The Morgan fingerprint density at radius 2 is 1.90 bits per heavy atom. The van der Waals surface area contributed by atoms with Crippen LogP contribution in [0.5, 0.6) is 5.75 Å². The van der Waals surface area contributed by atoms with Gasteiger partial charge in [-0.2, -0.15) is 0 Å². The van der Waals surface area contributed by atoms with Gasteiger partial charge in [-0.3, -0.25) is 9.59 Å². The molecular formula is C32H40N6O4. The van der Waals surface area contributed by atoms with Crippen LogP contribution in [0.1, 0.15) is 53.7 Å². The van der Waals surface area contributed by atoms with Gasteiger partial charge in [-0.25, -0.2) is 4.98 Å². The summed E-state index contributed by atoms with van der Waals surface area (Å²) >= 11 is 0. The van der Waals surface area contributed by atoms with Crippen LogP contribution in [-0.2, 0) is 6.54 Å². The first-order valence-electron chi connectivity index (χ1n) is 14.8. The number of aromatic amines is 2. The Kier molecular flexibility index (Phi) is 8.94. The molecule has 0 unspecified atom stereocenters. The zero-order chi connectivity index (χ0) is 29.8. The topological polar surface area (TPSA) is 135 Å². The van der Waals surface area contributed by atoms with E-state index in [0.29, 0.717) is 34.7 Å². The summed E-state index contributed by atoms with van der Waals surface area (Å²) in [5.41, 5.74) is 5.76. The van der Waals surface area contributed by atoms with Gasteiger partial charge in [0.05, 0.1) is 16.7 Å². The van der Waals surface area contributed by atoms with Gasteiger partial charge in [-0.15, -0.1) is 0 Å². The Morgan fingerprint density at radius 1 is 1.12 bits per heavy atom. The molecule has 4 aromatic rings. The molecule has 1 saturated heterocycles. The summed E-state index contributed by atoms with van der Waals surface area (Å²) in [7, 11) is 0. The summed E-state index contributed by atoms with van der Waals surface area (Å²) in [5.74, 6) is 1.17. The molecular weight excluding hydrogens is 532 g/mol. The molecule has 10 heteroatoms. The Morgan fingerprint density at radius 3 is 2.67 bits per heavy atom. The molecule has 2 aromatic heterocycles. The number of hydrogen-bond acceptors (Lipinski definition) is 7. The number of nitrogens with one attached hydrogen (secondary N) is 4. The predicted octanol–water partition coefficient (Wildman–Crippen LogP) is 4.12. The second-order valence-corrected chi connectivity index (χ2v) is 10.7. The van der Waals surface area contributed by atoms with Crippen molar-refractivity contribution >= 4 is 22.6 Å². The van der Waals surface area contributed by atoms with Crippen molar-refractivity contribution in [2.24, 2.45) is 0 Å². The minimum atomic E-state index is -0.805. The third-order valence-corrected chi connectivity index (χ3v) is 7.78. The summed E-state index contributed by atoms with van der Waals surface area (Å²) in [6.45, 7) is 10.7. The monoisotopic (exact) mass is 572 g/mol. The Labute approximate surface area is 245 Å². The van der Waals surface area contributed by atoms with E-state index >= 15 is 0 Å². The molecule has 0 aliphatic carbocycles. The number of anilines is 1. The molecule has 2 aliphatic heterocycles. The summed E-state index contributed by atoms with van der Waals surface area (Å²) in [6, 6.07) is 11.7. The lowest BCUT2D eigenvalue weighted by Gasteiger charge is -2.31. The summed E-state index contributed by atoms with van der Waals surface area (Å²) in [4.78, 5) is 38.8. The lowest BCUT2D eigenvalue weighted by Crippen LogP contribution is -2.43. The summed E-state index contributed by atoms with van der Waals surface area (Å²) in [6.07, 6.45) is 2.66. The summed E-state index contributed by atoms with van der Waals surface area (Å²) in [5, 5.41) is 17.1. The van der Waals surface area contributed by atoms with Gasteiger partial charge in [-0.1, -0.05) is 31.5 Å². The molecule has 2 aliphatic rings. The van der Waals surface area contributed by atoms with Crippen LogP contribution >= 0.6 is 0 Å². The second-order valence-electron chi connectivity index (χ2n) is 10.7. The molecule has 1 fully saturated rings. The fourth-order valence-electron chi connectivity index (χ4n) is 5.67. The number of aromatic nitrogens is 3. The molecule has 42 heavy (non-hydrogen) atoms. The van der Waals surface area contributed by atoms with Crippen molar-refractivity contribution in [1.29, 1.82) is 0 Å². The quantitative estimate of drug-likeness (QED) is 0.214. The van der Waals surface area contributed by atoms with Crippen LogP contribution in [0.3, 0.4) is 0 Å². The third kappa shape index (κ3) is 6.05. The number of H-pyrrole nitrogens is 2. The Hall–Kier alpha value is -4.15. The number of hydrogen-bond donors (Lipinski definition) is 5. The van der Waals surface area contributed by atoms with Crippen molar-refractivity contribution in [3.63, 3.8) is 0 Å². The highest BCUT2D eigenvalue weighted by Gasteiger charge is 2.34. The first-order chi connectivity index (χ1) is 20.4. The van der Waals surface area contributed by atoms with E-state index in [-0.39, 0.29) is 30.7 Å². The molecule has 0 radical (unpaired) electrons. The van der Waals surface area contributed by atoms with Gasteiger partial charge in [0.15, 0.2) is 0 Å². The fourth-order valence-corrected chi connectivity index (χ4v) is 5.67. The molecule has 6 rings (SSSR count). The largest absolute Gasteiger partial charge is 0.491 e. The molecule has 0 spiro atoms. The number of piperidine rings is 1. The molecule has 1 atom stereocenters. The van der Waals surface area contributed by atoms with Gasteiger partial charge >= 0.3 is 0 Å². The number of fused-ring (bicyclic) bond motifs is 2. The van der Waals surface area contributed by atoms with E-state index in [9.17, 15) is 14.7 Å². The maximum Gasteiger partial charge on any atom is 0.261 e. The molecule has 0 saturated carbocycles. The maximum atomic E-state index is 13.2. The van der Waals surface area contributed by atoms with Crippen LogP contribution in [0.15, 0.2) is 47.4 Å². The lowest BCUT2D eigenvalue weighted by atomic mass is 10.1. The number of benzene rings is 2. The highest BCUT2D eigenvalue weighted by atomic mass is 16.5. The van der Waals surface area contributed by atoms with Crippen molar-refractivity contribution in [3.05, 3.63) is 75.2 Å². The number of carbonyl (C=O) groups excluding carboxylic acids is 1. The standard InChI is InChI=1S/C30H34N6O4.C2H6/c1-17-3-4-26(18(2)11-17)40-16-21(37)14-33-23-7-10-32-29(38)27(23)28-34-24-12-19-15-36(20-5-8-31-9-6-20)30(39)22(19)13-25(24)35-28;1-2/h3-4,7,10-13,20-21,31,37H,5-6,8-9,14-16H2,1-2H3,(H,34,35)(H2,32,33,38);1-2H3/t21-;/m1./s1. The van der Waals surface area contributed by atoms with E-state index < -0.39 is 6.10 Å². The van der Waals surface area contributed by atoms with E-state index in [1.54, 1.807) is 12.3 Å². The Balaban J connectivity index is 0.00000173. The molecule has 10 nitrogen and oxygen atoms in total. The maximum absolute atomic E-state index is 13.2. The minimum Gasteiger partial charge on any atom is -0.491 e. The van der Waals surface area contributed by atoms with Gasteiger partial charge in [0.25, 0.3) is 11.5 Å². The van der Waals surface area contributed by atoms with E-state index in [1.165, 1.54) is 0 Å². The zero-order valence-corrected chi connectivity index (χ0v) is 24.7. The number of amides is 1. The SMILES string of the molecule is CC.Cc1ccc(OC[C@H](O)CNc2cc[nH]c(=O)c2-c2nc3cc4c(cc3[nH]2)CN(C2CCNCC2)C4=O)c(C)c1. The number of imidazole rings is 1. The van der Waals surface area contributed by atoms with Gasteiger partial charge in [-0.05, 0) is 75.2 Å². The smallest absolute Gasteiger partial charge is 0.261 e. The van der Waals surface area contributed by atoms with Crippen LogP contribution in [0, 0.1) is 13.8 Å². The molecule has 2 aromatic carbocycles. The first kappa shape index (κ1) is 29.3. The average molecular weight is 573 g/mol. The first-order valence-corrected chi connectivity index (χ1v) is 14.8. The number of aliphatic hydroxyl groups excluding tert-OH is 1. The number of nitrogens with zero attached hydrogens (tertiary/aromatic N) is 2. The number of ether oxygens (including phenoxy) is 1. The highest BCUT2D eigenvalue weighted by Crippen LogP contribution is 2.32. The van der Waals surface area contributed by atoms with Gasteiger partial charge in [0, 0.05) is 30.9 Å². The second kappa shape index (κ2) is 12.8. The number of rotatable bonds is 8. The van der Waals surface area contributed by atoms with Crippen LogP contribution in [-0.4, -0.2) is 69.3 Å². The molecule has 0 bridgehead atoms. The highest BCUT2D eigenvalue weighted by molar-refractivity contribution is 6.02. The normalized spacial score (nSPS) is 15.7. The Bertz CT molecular complexity index is 1620. The van der Waals surface area contributed by atoms with Crippen molar-refractivity contribution in [3.8, 4) is 17.1 Å². The molecule has 222 valence electrons. The predicted molar refractivity (Wildman–Crippen MR) is 165 cm³/mol. The number of aliphatic hydroxyl groups is 1. The van der Waals surface area contributed by atoms with Gasteiger partial charge < -0.3 is 35.3 Å². The average Bonchev–Trinajstić information content (AvgIpc) is 3.55.